The van der Waals surface area contributed by atoms with E-state index in [9.17, 15) is 8.42 Å². The minimum Gasteiger partial charge on any atom is -0.395 e. The van der Waals surface area contributed by atoms with Crippen molar-refractivity contribution < 1.29 is 13.5 Å². The SMILES string of the molecule is CCC1(NS(=O)(=O)c2cncc(C#CCCO)c2)CCC1. The van der Waals surface area contributed by atoms with Crippen LogP contribution in [0.2, 0.25) is 0 Å². The van der Waals surface area contributed by atoms with E-state index >= 15 is 0 Å². The lowest BCUT2D eigenvalue weighted by atomic mass is 9.76. The van der Waals surface area contributed by atoms with Crippen molar-refractivity contribution in [1.29, 1.82) is 0 Å². The van der Waals surface area contributed by atoms with Crippen LogP contribution in [0, 0.1) is 11.8 Å². The molecule has 0 atom stereocenters. The van der Waals surface area contributed by atoms with Gasteiger partial charge in [0.25, 0.3) is 0 Å². The van der Waals surface area contributed by atoms with Crippen LogP contribution in [-0.4, -0.2) is 30.7 Å². The number of hydrogen-bond donors (Lipinski definition) is 2. The van der Waals surface area contributed by atoms with Crippen molar-refractivity contribution in [3.05, 3.63) is 24.0 Å². The summed E-state index contributed by atoms with van der Waals surface area (Å²) >= 11 is 0. The van der Waals surface area contributed by atoms with Crippen LogP contribution in [-0.2, 0) is 10.0 Å². The van der Waals surface area contributed by atoms with Gasteiger partial charge in [0.15, 0.2) is 0 Å². The molecule has 0 unspecified atom stereocenters. The molecule has 1 heterocycles. The van der Waals surface area contributed by atoms with E-state index in [0.29, 0.717) is 12.0 Å². The summed E-state index contributed by atoms with van der Waals surface area (Å²) in [4.78, 5) is 4.08. The highest BCUT2D eigenvalue weighted by Gasteiger charge is 2.39. The fourth-order valence-electron chi connectivity index (χ4n) is 2.33. The maximum Gasteiger partial charge on any atom is 0.242 e. The standard InChI is InChI=1S/C15H20N2O3S/c1-2-15(7-5-8-15)17-21(19,20)14-10-13(11-16-12-14)6-3-4-9-18/h10-12,17-18H,2,4-5,7-9H2,1H3. The zero-order valence-electron chi connectivity index (χ0n) is 12.1. The van der Waals surface area contributed by atoms with Gasteiger partial charge in [0.1, 0.15) is 4.90 Å². The predicted molar refractivity (Wildman–Crippen MR) is 80.0 cm³/mol. The van der Waals surface area contributed by atoms with Crippen molar-refractivity contribution in [2.75, 3.05) is 6.61 Å². The molecule has 0 spiro atoms. The second-order valence-corrected chi connectivity index (χ2v) is 6.96. The lowest BCUT2D eigenvalue weighted by Gasteiger charge is -2.41. The summed E-state index contributed by atoms with van der Waals surface area (Å²) in [6, 6.07) is 1.52. The van der Waals surface area contributed by atoms with E-state index in [0.717, 1.165) is 25.7 Å². The van der Waals surface area contributed by atoms with Crippen LogP contribution in [0.15, 0.2) is 23.4 Å². The van der Waals surface area contributed by atoms with Crippen molar-refractivity contribution >= 4 is 10.0 Å². The Hall–Kier alpha value is -1.42. The molecule has 1 aromatic heterocycles. The van der Waals surface area contributed by atoms with E-state index in [1.54, 1.807) is 0 Å². The van der Waals surface area contributed by atoms with Crippen LogP contribution in [0.1, 0.15) is 44.6 Å². The molecule has 0 saturated heterocycles. The first-order chi connectivity index (χ1) is 10.0. The van der Waals surface area contributed by atoms with Crippen molar-refractivity contribution in [2.45, 2.75) is 49.5 Å². The topological polar surface area (TPSA) is 79.3 Å². The summed E-state index contributed by atoms with van der Waals surface area (Å²) in [6.07, 6.45) is 6.81. The summed E-state index contributed by atoms with van der Waals surface area (Å²) < 4.78 is 27.7. The maximum absolute atomic E-state index is 12.4. The third-order valence-electron chi connectivity index (χ3n) is 3.83. The number of aliphatic hydroxyl groups is 1. The Bertz CT molecular complexity index is 649. The smallest absolute Gasteiger partial charge is 0.242 e. The third-order valence-corrected chi connectivity index (χ3v) is 5.38. The molecule has 1 aliphatic carbocycles. The van der Waals surface area contributed by atoms with Crippen LogP contribution < -0.4 is 4.72 Å². The molecule has 2 rings (SSSR count). The van der Waals surface area contributed by atoms with Gasteiger partial charge in [0.05, 0.1) is 6.61 Å². The Kier molecular flexibility index (Phi) is 4.99. The van der Waals surface area contributed by atoms with Gasteiger partial charge in [-0.05, 0) is 31.7 Å². The molecule has 21 heavy (non-hydrogen) atoms. The van der Waals surface area contributed by atoms with Gasteiger partial charge >= 0.3 is 0 Å². The molecule has 1 fully saturated rings. The number of sulfonamides is 1. The molecule has 0 amide bonds. The maximum atomic E-state index is 12.4. The lowest BCUT2D eigenvalue weighted by Crippen LogP contribution is -2.52. The van der Waals surface area contributed by atoms with E-state index in [4.69, 9.17) is 5.11 Å². The molecule has 114 valence electrons. The molecule has 0 bridgehead atoms. The molecule has 1 aliphatic rings. The highest BCUT2D eigenvalue weighted by Crippen LogP contribution is 2.36. The van der Waals surface area contributed by atoms with Gasteiger partial charge in [0.2, 0.25) is 10.0 Å². The minimum atomic E-state index is -3.57. The largest absolute Gasteiger partial charge is 0.395 e. The third kappa shape index (κ3) is 3.82. The zero-order valence-corrected chi connectivity index (χ0v) is 12.9. The van der Waals surface area contributed by atoms with Gasteiger partial charge in [-0.2, -0.15) is 0 Å². The first-order valence-electron chi connectivity index (χ1n) is 7.10. The zero-order chi connectivity index (χ0) is 15.3. The van der Waals surface area contributed by atoms with E-state index in [1.165, 1.54) is 18.5 Å². The molecule has 1 saturated carbocycles. The molecule has 5 nitrogen and oxygen atoms in total. The normalized spacial score (nSPS) is 16.7. The molecule has 0 aromatic carbocycles. The number of rotatable bonds is 5. The van der Waals surface area contributed by atoms with Gasteiger partial charge in [-0.3, -0.25) is 4.98 Å². The fraction of sp³-hybridized carbons (Fsp3) is 0.533. The Morgan fingerprint density at radius 2 is 2.19 bits per heavy atom. The Labute approximate surface area is 125 Å². The molecule has 1 aromatic rings. The molecule has 0 radical (unpaired) electrons. The summed E-state index contributed by atoms with van der Waals surface area (Å²) in [5.41, 5.74) is 0.239. The summed E-state index contributed by atoms with van der Waals surface area (Å²) in [6.45, 7) is 1.98. The average molecular weight is 308 g/mol. The van der Waals surface area contributed by atoms with Gasteiger partial charge in [-0.15, -0.1) is 0 Å². The Morgan fingerprint density at radius 1 is 1.43 bits per heavy atom. The number of nitrogens with zero attached hydrogens (tertiary/aromatic N) is 1. The first kappa shape index (κ1) is 16.0. The predicted octanol–water partition coefficient (Wildman–Crippen LogP) is 1.43. The first-order valence-corrected chi connectivity index (χ1v) is 8.58. The quantitative estimate of drug-likeness (QED) is 0.807. The monoisotopic (exact) mass is 308 g/mol. The Balaban J connectivity index is 2.20. The summed E-state index contributed by atoms with van der Waals surface area (Å²) in [5, 5.41) is 8.69. The summed E-state index contributed by atoms with van der Waals surface area (Å²) in [7, 11) is -3.57. The number of hydrogen-bond acceptors (Lipinski definition) is 4. The highest BCUT2D eigenvalue weighted by molar-refractivity contribution is 7.89. The van der Waals surface area contributed by atoms with Crippen LogP contribution in [0.3, 0.4) is 0 Å². The number of nitrogens with one attached hydrogen (secondary N) is 1. The molecule has 0 aliphatic heterocycles. The number of aromatic nitrogens is 1. The Morgan fingerprint density at radius 3 is 2.76 bits per heavy atom. The van der Waals surface area contributed by atoms with Gasteiger partial charge in [-0.25, -0.2) is 13.1 Å². The number of pyridine rings is 1. The van der Waals surface area contributed by atoms with Crippen LogP contribution in [0.5, 0.6) is 0 Å². The highest BCUT2D eigenvalue weighted by atomic mass is 32.2. The molecule has 6 heteroatoms. The van der Waals surface area contributed by atoms with E-state index in [2.05, 4.69) is 21.5 Å². The van der Waals surface area contributed by atoms with E-state index in [-0.39, 0.29) is 17.0 Å². The van der Waals surface area contributed by atoms with Gasteiger partial charge in [-0.1, -0.05) is 18.8 Å². The number of aliphatic hydroxyl groups excluding tert-OH is 1. The molecular formula is C15H20N2O3S. The molecular weight excluding hydrogens is 288 g/mol. The average Bonchev–Trinajstić information content (AvgIpc) is 2.44. The second kappa shape index (κ2) is 6.56. The minimum absolute atomic E-state index is 0.0149. The van der Waals surface area contributed by atoms with Crippen molar-refractivity contribution in [2.24, 2.45) is 0 Å². The fourth-order valence-corrected chi connectivity index (χ4v) is 3.85. The molecule has 2 N–H and O–H groups in total. The van der Waals surface area contributed by atoms with Crippen LogP contribution >= 0.6 is 0 Å². The second-order valence-electron chi connectivity index (χ2n) is 5.28. The van der Waals surface area contributed by atoms with Gasteiger partial charge < -0.3 is 5.11 Å². The van der Waals surface area contributed by atoms with Crippen molar-refractivity contribution in [1.82, 2.24) is 9.71 Å². The lowest BCUT2D eigenvalue weighted by molar-refractivity contribution is 0.214. The van der Waals surface area contributed by atoms with E-state index in [1.807, 2.05) is 6.92 Å². The van der Waals surface area contributed by atoms with Crippen molar-refractivity contribution in [3.63, 3.8) is 0 Å². The van der Waals surface area contributed by atoms with Gasteiger partial charge in [0, 0.05) is 29.9 Å². The van der Waals surface area contributed by atoms with Crippen LogP contribution in [0.4, 0.5) is 0 Å². The van der Waals surface area contributed by atoms with Crippen LogP contribution in [0.25, 0.3) is 0 Å². The van der Waals surface area contributed by atoms with Crippen molar-refractivity contribution in [3.8, 4) is 11.8 Å². The van der Waals surface area contributed by atoms with E-state index < -0.39 is 10.0 Å². The summed E-state index contributed by atoms with van der Waals surface area (Å²) in [5.74, 6) is 5.55.